The molecule has 0 aliphatic heterocycles. The maximum absolute atomic E-state index is 12.8. The van der Waals surface area contributed by atoms with Crippen LogP contribution < -0.4 is 5.32 Å². The van der Waals surface area contributed by atoms with Crippen molar-refractivity contribution < 1.29 is 19.5 Å². The van der Waals surface area contributed by atoms with Gasteiger partial charge in [-0.05, 0) is 12.1 Å². The first-order valence-electron chi connectivity index (χ1n) is 6.99. The van der Waals surface area contributed by atoms with Crippen molar-refractivity contribution in [3.05, 3.63) is 76.9 Å². The van der Waals surface area contributed by atoms with Gasteiger partial charge in [-0.2, -0.15) is 0 Å². The lowest BCUT2D eigenvalue weighted by Gasteiger charge is -2.21. The van der Waals surface area contributed by atoms with Crippen molar-refractivity contribution in [3.8, 4) is 0 Å². The molecule has 5 nitrogen and oxygen atoms in total. The van der Waals surface area contributed by atoms with Gasteiger partial charge in [-0.15, -0.1) is 6.58 Å². The van der Waals surface area contributed by atoms with E-state index in [4.69, 9.17) is 0 Å². The minimum atomic E-state index is -1.17. The molecule has 0 aromatic heterocycles. The lowest BCUT2D eigenvalue weighted by Crippen LogP contribution is -2.24. The first-order valence-corrected chi connectivity index (χ1v) is 6.99. The number of aromatic carboxylic acids is 1. The van der Waals surface area contributed by atoms with Gasteiger partial charge in [-0.1, -0.05) is 30.3 Å². The van der Waals surface area contributed by atoms with Gasteiger partial charge in [-0.3, -0.25) is 9.59 Å². The van der Waals surface area contributed by atoms with Crippen molar-refractivity contribution in [1.82, 2.24) is 0 Å². The summed E-state index contributed by atoms with van der Waals surface area (Å²) in [5, 5.41) is 12.2. The van der Waals surface area contributed by atoms with Gasteiger partial charge in [0.1, 0.15) is 0 Å². The topological polar surface area (TPSA) is 83.5 Å². The Bertz CT molecular complexity index is 867. The number of rotatable bonds is 4. The third-order valence-electron chi connectivity index (χ3n) is 3.75. The molecule has 0 atom stereocenters. The minimum Gasteiger partial charge on any atom is -0.478 e. The molecular weight excluding hydrogens is 294 g/mol. The average Bonchev–Trinajstić information content (AvgIpc) is 2.56. The van der Waals surface area contributed by atoms with Crippen LogP contribution in [0.25, 0.3) is 0 Å². The molecule has 23 heavy (non-hydrogen) atoms. The number of carboxylic acids is 1. The largest absolute Gasteiger partial charge is 0.478 e. The highest BCUT2D eigenvalue weighted by molar-refractivity contribution is 6.31. The summed E-state index contributed by atoms with van der Waals surface area (Å²) < 4.78 is 0. The molecule has 0 radical (unpaired) electrons. The third kappa shape index (κ3) is 2.23. The third-order valence-corrected chi connectivity index (χ3v) is 3.75. The molecule has 0 unspecified atom stereocenters. The van der Waals surface area contributed by atoms with Gasteiger partial charge >= 0.3 is 5.97 Å². The molecule has 0 fully saturated rings. The number of hydrogen-bond donors (Lipinski definition) is 2. The standard InChI is InChI=1S/C18H13NO4/c1-2-9-19-15-13(18(22)23)8-7-12-14(15)17(21)11-6-4-3-5-10(11)16(12)20/h2-8,19H,1,9H2,(H,22,23). The Hall–Kier alpha value is -3.21. The maximum atomic E-state index is 12.8. The number of benzene rings is 2. The number of nitrogens with one attached hydrogen (secondary N) is 1. The highest BCUT2D eigenvalue weighted by atomic mass is 16.4. The summed E-state index contributed by atoms with van der Waals surface area (Å²) in [6, 6.07) is 9.27. The van der Waals surface area contributed by atoms with E-state index in [-0.39, 0.29) is 46.1 Å². The molecule has 0 amide bonds. The van der Waals surface area contributed by atoms with E-state index in [0.717, 1.165) is 0 Å². The minimum absolute atomic E-state index is 0.0499. The molecule has 2 N–H and O–H groups in total. The van der Waals surface area contributed by atoms with E-state index < -0.39 is 5.97 Å². The number of anilines is 1. The van der Waals surface area contributed by atoms with Gasteiger partial charge in [-0.25, -0.2) is 4.79 Å². The molecule has 0 saturated carbocycles. The van der Waals surface area contributed by atoms with Crippen LogP contribution in [0.1, 0.15) is 42.2 Å². The van der Waals surface area contributed by atoms with Crippen molar-refractivity contribution in [2.75, 3.05) is 11.9 Å². The van der Waals surface area contributed by atoms with E-state index in [2.05, 4.69) is 11.9 Å². The first-order chi connectivity index (χ1) is 11.1. The molecule has 1 aliphatic rings. The van der Waals surface area contributed by atoms with E-state index in [1.54, 1.807) is 30.3 Å². The Labute approximate surface area is 132 Å². The van der Waals surface area contributed by atoms with Gasteiger partial charge < -0.3 is 10.4 Å². The van der Waals surface area contributed by atoms with Crippen LogP contribution in [-0.4, -0.2) is 29.2 Å². The summed E-state index contributed by atoms with van der Waals surface area (Å²) in [5.41, 5.74) is 1.05. The van der Waals surface area contributed by atoms with Crippen LogP contribution in [0.4, 0.5) is 5.69 Å². The molecule has 0 saturated heterocycles. The van der Waals surface area contributed by atoms with Crippen molar-refractivity contribution >= 4 is 23.2 Å². The van der Waals surface area contributed by atoms with E-state index in [1.165, 1.54) is 12.1 Å². The van der Waals surface area contributed by atoms with Crippen LogP contribution in [0.5, 0.6) is 0 Å². The van der Waals surface area contributed by atoms with Crippen molar-refractivity contribution in [3.63, 3.8) is 0 Å². The predicted octanol–water partition coefficient (Wildman–Crippen LogP) is 2.76. The number of carboxylic acid groups (broad SMARTS) is 1. The summed E-state index contributed by atoms with van der Waals surface area (Å²) >= 11 is 0. The van der Waals surface area contributed by atoms with Crippen LogP contribution >= 0.6 is 0 Å². The van der Waals surface area contributed by atoms with E-state index in [9.17, 15) is 19.5 Å². The summed E-state index contributed by atoms with van der Waals surface area (Å²) in [7, 11) is 0. The van der Waals surface area contributed by atoms with Gasteiger partial charge in [0.25, 0.3) is 0 Å². The monoisotopic (exact) mass is 307 g/mol. The van der Waals surface area contributed by atoms with Crippen LogP contribution in [0, 0.1) is 0 Å². The molecule has 0 heterocycles. The van der Waals surface area contributed by atoms with E-state index in [0.29, 0.717) is 5.56 Å². The molecule has 1 aliphatic carbocycles. The average molecular weight is 307 g/mol. The Morgan fingerprint density at radius 2 is 1.70 bits per heavy atom. The molecular formula is C18H13NO4. The molecule has 0 bridgehead atoms. The predicted molar refractivity (Wildman–Crippen MR) is 85.4 cm³/mol. The zero-order valence-electron chi connectivity index (χ0n) is 12.1. The zero-order chi connectivity index (χ0) is 16.6. The Morgan fingerprint density at radius 1 is 1.04 bits per heavy atom. The lowest BCUT2D eigenvalue weighted by molar-refractivity contribution is 0.0697. The second-order valence-corrected chi connectivity index (χ2v) is 5.09. The fraction of sp³-hybridized carbons (Fsp3) is 0.0556. The van der Waals surface area contributed by atoms with Crippen molar-refractivity contribution in [1.29, 1.82) is 0 Å². The second kappa shape index (κ2) is 5.53. The number of carbonyl (C=O) groups is 3. The van der Waals surface area contributed by atoms with E-state index in [1.807, 2.05) is 0 Å². The van der Waals surface area contributed by atoms with Gasteiger partial charge in [0.15, 0.2) is 11.6 Å². The summed E-state index contributed by atoms with van der Waals surface area (Å²) in [5.74, 6) is -1.81. The number of ketones is 2. The molecule has 2 aromatic rings. The van der Waals surface area contributed by atoms with Crippen molar-refractivity contribution in [2.24, 2.45) is 0 Å². The summed E-state index contributed by atoms with van der Waals surface area (Å²) in [4.78, 5) is 36.9. The number of fused-ring (bicyclic) bond motifs is 2. The maximum Gasteiger partial charge on any atom is 0.337 e. The van der Waals surface area contributed by atoms with Crippen LogP contribution in [-0.2, 0) is 0 Å². The van der Waals surface area contributed by atoms with Gasteiger partial charge in [0.2, 0.25) is 0 Å². The van der Waals surface area contributed by atoms with Crippen LogP contribution in [0.3, 0.4) is 0 Å². The number of carbonyl (C=O) groups excluding carboxylic acids is 2. The fourth-order valence-corrected chi connectivity index (χ4v) is 2.72. The second-order valence-electron chi connectivity index (χ2n) is 5.09. The molecule has 0 spiro atoms. The highest BCUT2D eigenvalue weighted by Gasteiger charge is 2.33. The molecule has 5 heteroatoms. The van der Waals surface area contributed by atoms with E-state index >= 15 is 0 Å². The Balaban J connectivity index is 2.29. The SMILES string of the molecule is C=CCNc1c(C(=O)O)ccc2c1C(=O)c1ccccc1C2=O. The smallest absolute Gasteiger partial charge is 0.337 e. The van der Waals surface area contributed by atoms with Crippen molar-refractivity contribution in [2.45, 2.75) is 0 Å². The summed E-state index contributed by atoms with van der Waals surface area (Å²) in [6.07, 6.45) is 1.55. The Kier molecular flexibility index (Phi) is 3.54. The molecule has 2 aromatic carbocycles. The summed E-state index contributed by atoms with van der Waals surface area (Å²) in [6.45, 7) is 3.85. The van der Waals surface area contributed by atoms with Crippen LogP contribution in [0.15, 0.2) is 49.1 Å². The highest BCUT2D eigenvalue weighted by Crippen LogP contribution is 2.34. The van der Waals surface area contributed by atoms with Crippen LogP contribution in [0.2, 0.25) is 0 Å². The first kappa shape index (κ1) is 14.7. The molecule has 3 rings (SSSR count). The normalized spacial score (nSPS) is 12.3. The Morgan fingerprint density at radius 3 is 2.30 bits per heavy atom. The quantitative estimate of drug-likeness (QED) is 0.724. The van der Waals surface area contributed by atoms with Gasteiger partial charge in [0.05, 0.1) is 16.8 Å². The fourth-order valence-electron chi connectivity index (χ4n) is 2.72. The zero-order valence-corrected chi connectivity index (χ0v) is 12.1. The number of hydrogen-bond acceptors (Lipinski definition) is 4. The van der Waals surface area contributed by atoms with Gasteiger partial charge in [0, 0.05) is 23.2 Å². The molecule has 114 valence electrons. The lowest BCUT2D eigenvalue weighted by atomic mass is 9.82.